The molecule has 0 spiro atoms. The van der Waals surface area contributed by atoms with E-state index < -0.39 is 12.0 Å². The summed E-state index contributed by atoms with van der Waals surface area (Å²) >= 11 is 0. The molecule has 0 aliphatic carbocycles. The molecule has 1 aliphatic rings. The molecule has 0 saturated carbocycles. The molecule has 0 aromatic carbocycles. The van der Waals surface area contributed by atoms with E-state index in [1.807, 2.05) is 0 Å². The number of likely N-dealkylation sites (tertiary alicyclic amines) is 1. The van der Waals surface area contributed by atoms with Crippen LogP contribution in [0.25, 0.3) is 0 Å². The predicted molar refractivity (Wildman–Crippen MR) is 64.8 cm³/mol. The number of nitrogens with one attached hydrogen (secondary N) is 1. The maximum atomic E-state index is 11.8. The first-order valence-electron chi connectivity index (χ1n) is 6.32. The molecular formula is C12H22N2O3. The van der Waals surface area contributed by atoms with Gasteiger partial charge in [-0.15, -0.1) is 0 Å². The molecule has 0 bridgehead atoms. The molecule has 0 aromatic rings. The van der Waals surface area contributed by atoms with Gasteiger partial charge in [-0.3, -0.25) is 4.79 Å². The normalized spacial score (nSPS) is 22.7. The molecule has 2 amide bonds. The van der Waals surface area contributed by atoms with Crippen molar-refractivity contribution in [2.24, 2.45) is 5.92 Å². The lowest BCUT2D eigenvalue weighted by Crippen LogP contribution is -2.47. The van der Waals surface area contributed by atoms with Crippen molar-refractivity contribution in [3.05, 3.63) is 0 Å². The van der Waals surface area contributed by atoms with E-state index in [0.717, 1.165) is 38.8 Å². The van der Waals surface area contributed by atoms with Crippen LogP contribution in [0.1, 0.15) is 39.5 Å². The number of carboxylic acids is 1. The average molecular weight is 242 g/mol. The number of hydrogen-bond acceptors (Lipinski definition) is 2. The van der Waals surface area contributed by atoms with E-state index in [2.05, 4.69) is 12.2 Å². The number of hydrogen-bond donors (Lipinski definition) is 2. The average Bonchev–Trinajstić information content (AvgIpc) is 2.53. The van der Waals surface area contributed by atoms with Crippen molar-refractivity contribution in [1.82, 2.24) is 10.2 Å². The molecule has 0 radical (unpaired) electrons. The molecule has 2 atom stereocenters. The van der Waals surface area contributed by atoms with Crippen LogP contribution in [0.4, 0.5) is 4.79 Å². The smallest absolute Gasteiger partial charge is 0.325 e. The molecule has 5 nitrogen and oxygen atoms in total. The van der Waals surface area contributed by atoms with Gasteiger partial charge in [-0.05, 0) is 32.1 Å². The molecular weight excluding hydrogens is 220 g/mol. The van der Waals surface area contributed by atoms with Gasteiger partial charge in [0.15, 0.2) is 0 Å². The predicted octanol–water partition coefficient (Wildman–Crippen LogP) is 1.68. The largest absolute Gasteiger partial charge is 0.480 e. The topological polar surface area (TPSA) is 69.6 Å². The van der Waals surface area contributed by atoms with Crippen molar-refractivity contribution in [3.63, 3.8) is 0 Å². The molecule has 17 heavy (non-hydrogen) atoms. The van der Waals surface area contributed by atoms with Crippen LogP contribution in [0, 0.1) is 5.92 Å². The van der Waals surface area contributed by atoms with E-state index in [9.17, 15) is 9.59 Å². The first kappa shape index (κ1) is 13.8. The Morgan fingerprint density at radius 3 is 2.71 bits per heavy atom. The Morgan fingerprint density at radius 1 is 1.41 bits per heavy atom. The fourth-order valence-electron chi connectivity index (χ4n) is 2.11. The monoisotopic (exact) mass is 242 g/mol. The van der Waals surface area contributed by atoms with Gasteiger partial charge in [0, 0.05) is 13.1 Å². The van der Waals surface area contributed by atoms with Crippen molar-refractivity contribution in [2.75, 3.05) is 13.1 Å². The third kappa shape index (κ3) is 4.24. The second-order valence-corrected chi connectivity index (χ2v) is 4.70. The summed E-state index contributed by atoms with van der Waals surface area (Å²) in [6.07, 6.45) is 4.34. The highest BCUT2D eigenvalue weighted by Crippen LogP contribution is 2.20. The van der Waals surface area contributed by atoms with E-state index >= 15 is 0 Å². The summed E-state index contributed by atoms with van der Waals surface area (Å²) in [4.78, 5) is 24.2. The Morgan fingerprint density at radius 2 is 2.12 bits per heavy atom. The molecule has 1 rings (SSSR count). The van der Waals surface area contributed by atoms with Gasteiger partial charge in [0.25, 0.3) is 0 Å². The second-order valence-electron chi connectivity index (χ2n) is 4.70. The SMILES string of the molecule is CCC1CCCN(C(=O)NC(C)C(=O)O)CC1. The molecule has 1 fully saturated rings. The number of carbonyl (C=O) groups is 2. The summed E-state index contributed by atoms with van der Waals surface area (Å²) in [5.74, 6) is -0.302. The van der Waals surface area contributed by atoms with Gasteiger partial charge in [0.05, 0.1) is 0 Å². The van der Waals surface area contributed by atoms with Gasteiger partial charge in [0.2, 0.25) is 0 Å². The lowest BCUT2D eigenvalue weighted by atomic mass is 9.98. The van der Waals surface area contributed by atoms with Crippen LogP contribution >= 0.6 is 0 Å². The van der Waals surface area contributed by atoms with E-state index in [4.69, 9.17) is 5.11 Å². The van der Waals surface area contributed by atoms with Crippen LogP contribution in [0.15, 0.2) is 0 Å². The zero-order valence-corrected chi connectivity index (χ0v) is 10.6. The van der Waals surface area contributed by atoms with Crippen molar-refractivity contribution < 1.29 is 14.7 Å². The van der Waals surface area contributed by atoms with E-state index in [1.165, 1.54) is 6.92 Å². The number of urea groups is 1. The van der Waals surface area contributed by atoms with Gasteiger partial charge in [-0.25, -0.2) is 4.79 Å². The van der Waals surface area contributed by atoms with Crippen LogP contribution in [0.5, 0.6) is 0 Å². The molecule has 1 saturated heterocycles. The van der Waals surface area contributed by atoms with Gasteiger partial charge in [0.1, 0.15) is 6.04 Å². The first-order valence-corrected chi connectivity index (χ1v) is 6.32. The zero-order chi connectivity index (χ0) is 12.8. The van der Waals surface area contributed by atoms with Gasteiger partial charge >= 0.3 is 12.0 Å². The Bertz CT molecular complexity index is 281. The Kier molecular flexibility index (Phi) is 5.25. The van der Waals surface area contributed by atoms with Crippen LogP contribution in [-0.2, 0) is 4.79 Å². The van der Waals surface area contributed by atoms with Gasteiger partial charge in [-0.1, -0.05) is 13.3 Å². The highest BCUT2D eigenvalue weighted by atomic mass is 16.4. The van der Waals surface area contributed by atoms with Gasteiger partial charge in [-0.2, -0.15) is 0 Å². The highest BCUT2D eigenvalue weighted by molar-refractivity contribution is 5.82. The number of amides is 2. The van der Waals surface area contributed by atoms with E-state index in [1.54, 1.807) is 4.90 Å². The van der Waals surface area contributed by atoms with Gasteiger partial charge < -0.3 is 15.3 Å². The van der Waals surface area contributed by atoms with Crippen LogP contribution in [0.3, 0.4) is 0 Å². The van der Waals surface area contributed by atoms with Crippen molar-refractivity contribution in [2.45, 2.75) is 45.6 Å². The quantitative estimate of drug-likeness (QED) is 0.791. The zero-order valence-electron chi connectivity index (χ0n) is 10.6. The number of nitrogens with zero attached hydrogens (tertiary/aromatic N) is 1. The Hall–Kier alpha value is -1.26. The van der Waals surface area contributed by atoms with Crippen LogP contribution in [-0.4, -0.2) is 41.1 Å². The summed E-state index contributed by atoms with van der Waals surface area (Å²) in [6.45, 7) is 5.12. The summed E-state index contributed by atoms with van der Waals surface area (Å²) in [5, 5.41) is 11.2. The van der Waals surface area contributed by atoms with Crippen molar-refractivity contribution in [3.8, 4) is 0 Å². The third-order valence-corrected chi connectivity index (χ3v) is 3.42. The summed E-state index contributed by atoms with van der Waals surface area (Å²) < 4.78 is 0. The lowest BCUT2D eigenvalue weighted by molar-refractivity contribution is -0.138. The maximum absolute atomic E-state index is 11.8. The summed E-state index contributed by atoms with van der Waals surface area (Å²) in [5.41, 5.74) is 0. The number of rotatable bonds is 3. The third-order valence-electron chi connectivity index (χ3n) is 3.42. The van der Waals surface area contributed by atoms with Crippen LogP contribution < -0.4 is 5.32 Å². The molecule has 5 heteroatoms. The molecule has 98 valence electrons. The standard InChI is InChI=1S/C12H22N2O3/c1-3-10-5-4-7-14(8-6-10)12(17)13-9(2)11(15)16/h9-10H,3-8H2,1-2H3,(H,13,17)(H,15,16). The minimum absolute atomic E-state index is 0.253. The highest BCUT2D eigenvalue weighted by Gasteiger charge is 2.22. The molecule has 2 N–H and O–H groups in total. The minimum atomic E-state index is -1.00. The molecule has 1 heterocycles. The number of aliphatic carboxylic acids is 1. The molecule has 0 aromatic heterocycles. The van der Waals surface area contributed by atoms with E-state index in [-0.39, 0.29) is 6.03 Å². The first-order chi connectivity index (χ1) is 8.04. The molecule has 2 unspecified atom stereocenters. The molecule has 1 aliphatic heterocycles. The van der Waals surface area contributed by atoms with Crippen molar-refractivity contribution >= 4 is 12.0 Å². The van der Waals surface area contributed by atoms with Crippen molar-refractivity contribution in [1.29, 1.82) is 0 Å². The Balaban J connectivity index is 2.44. The minimum Gasteiger partial charge on any atom is -0.480 e. The maximum Gasteiger partial charge on any atom is 0.325 e. The number of carbonyl (C=O) groups excluding carboxylic acids is 1. The Labute approximate surface area is 102 Å². The fourth-order valence-corrected chi connectivity index (χ4v) is 2.11. The second kappa shape index (κ2) is 6.47. The summed E-state index contributed by atoms with van der Waals surface area (Å²) in [6, 6.07) is -1.08. The lowest BCUT2D eigenvalue weighted by Gasteiger charge is -2.22. The van der Waals surface area contributed by atoms with Crippen LogP contribution in [0.2, 0.25) is 0 Å². The summed E-state index contributed by atoms with van der Waals surface area (Å²) in [7, 11) is 0. The fraction of sp³-hybridized carbons (Fsp3) is 0.833. The number of carboxylic acid groups (broad SMARTS) is 1. The van der Waals surface area contributed by atoms with E-state index in [0.29, 0.717) is 5.92 Å².